The zero-order chi connectivity index (χ0) is 33.0. The molecule has 8 nitrogen and oxygen atoms in total. The van der Waals surface area contributed by atoms with Crippen LogP contribution in [0, 0.1) is 0 Å². The van der Waals surface area contributed by atoms with Crippen LogP contribution in [0.25, 0.3) is 11.0 Å². The average molecular weight is 706 g/mol. The number of hydrogen-bond donors (Lipinski definition) is 0. The summed E-state index contributed by atoms with van der Waals surface area (Å²) < 4.78 is 3.68. The van der Waals surface area contributed by atoms with Gasteiger partial charge in [-0.05, 0) is 80.8 Å². The van der Waals surface area contributed by atoms with E-state index < -0.39 is 0 Å². The van der Waals surface area contributed by atoms with E-state index in [-0.39, 0.29) is 30.1 Å². The topological polar surface area (TPSA) is 72.1 Å². The molecule has 3 aromatic carbocycles. The second-order valence-corrected chi connectivity index (χ2v) is 13.2. The lowest BCUT2D eigenvalue weighted by atomic mass is 9.89. The number of carbonyl (C=O) groups is 1. The number of piperidine rings is 1. The number of benzene rings is 3. The number of hydrogen-bond acceptors (Lipinski definition) is 5. The zero-order valence-electron chi connectivity index (χ0n) is 26.1. The lowest BCUT2D eigenvalue weighted by Gasteiger charge is -2.34. The molecule has 1 atom stereocenters. The number of fused-ring (bicyclic) bond motifs is 1. The van der Waals surface area contributed by atoms with Crippen molar-refractivity contribution in [1.82, 2.24) is 18.9 Å². The van der Waals surface area contributed by atoms with Gasteiger partial charge in [-0.15, -0.1) is 0 Å². The molecule has 1 saturated heterocycles. The van der Waals surface area contributed by atoms with Crippen molar-refractivity contribution in [3.8, 4) is 0 Å². The third-order valence-corrected chi connectivity index (χ3v) is 9.92. The van der Waals surface area contributed by atoms with Gasteiger partial charge in [0.25, 0.3) is 5.91 Å². The highest BCUT2D eigenvalue weighted by molar-refractivity contribution is 6.42. The SMILES string of the molecule is CCN(C/C(=N/OC)[C@H](CCN1CCC(n2c(=O)n(C)c3ccccc32)CC1)c1ccc(Cl)c(Cl)c1)C(=O)c1cc(Cl)cc(Cl)c1. The standard InChI is InChI=1S/C34H37Cl4N5O3/c1-4-42(33(44)23-17-24(35)20-25(36)18-23)21-30(39-46-3)27(22-9-10-28(37)29(38)19-22)13-16-41-14-11-26(12-15-41)43-32-8-6-5-7-31(32)40(2)34(43)45/h5-10,17-20,26-27H,4,11-16,21H2,1-3H3/b39-30-/t27-/m1/s1. The first-order chi connectivity index (χ1) is 22.1. The Morgan fingerprint density at radius 2 is 1.65 bits per heavy atom. The monoisotopic (exact) mass is 703 g/mol. The lowest BCUT2D eigenvalue weighted by Crippen LogP contribution is -2.40. The van der Waals surface area contributed by atoms with E-state index in [0.29, 0.717) is 44.3 Å². The summed E-state index contributed by atoms with van der Waals surface area (Å²) in [6, 6.07) is 18.5. The molecule has 4 aromatic rings. The number of nitrogens with zero attached hydrogens (tertiary/aromatic N) is 5. The Morgan fingerprint density at radius 3 is 2.28 bits per heavy atom. The van der Waals surface area contributed by atoms with E-state index in [4.69, 9.17) is 51.2 Å². The molecule has 0 spiro atoms. The van der Waals surface area contributed by atoms with Crippen LogP contribution in [0.3, 0.4) is 0 Å². The molecule has 1 amide bonds. The highest BCUT2D eigenvalue weighted by Gasteiger charge is 2.28. The molecule has 46 heavy (non-hydrogen) atoms. The van der Waals surface area contributed by atoms with E-state index in [1.165, 1.54) is 7.11 Å². The van der Waals surface area contributed by atoms with E-state index in [0.717, 1.165) is 49.1 Å². The molecule has 1 fully saturated rings. The van der Waals surface area contributed by atoms with Gasteiger partial charge in [0.1, 0.15) is 7.11 Å². The van der Waals surface area contributed by atoms with Gasteiger partial charge in [0.05, 0.1) is 33.3 Å². The zero-order valence-corrected chi connectivity index (χ0v) is 29.1. The summed E-state index contributed by atoms with van der Waals surface area (Å²) in [7, 11) is 3.33. The number of rotatable bonds is 11. The molecule has 0 unspecified atom stereocenters. The highest BCUT2D eigenvalue weighted by Crippen LogP contribution is 2.32. The summed E-state index contributed by atoms with van der Waals surface area (Å²) in [5.41, 5.74) is 3.95. The molecule has 0 aliphatic carbocycles. The summed E-state index contributed by atoms with van der Waals surface area (Å²) in [5.74, 6) is -0.424. The van der Waals surface area contributed by atoms with Crippen LogP contribution in [-0.4, -0.2) is 70.4 Å². The predicted molar refractivity (Wildman–Crippen MR) is 188 cm³/mol. The fourth-order valence-electron chi connectivity index (χ4n) is 6.34. The van der Waals surface area contributed by atoms with Gasteiger partial charge < -0.3 is 14.6 Å². The molecule has 12 heteroatoms. The normalized spacial score (nSPS) is 15.3. The third-order valence-electron chi connectivity index (χ3n) is 8.74. The number of halogens is 4. The quantitative estimate of drug-likeness (QED) is 0.117. The van der Waals surface area contributed by atoms with Gasteiger partial charge in [-0.2, -0.15) is 0 Å². The van der Waals surface area contributed by atoms with E-state index in [1.807, 2.05) is 54.9 Å². The summed E-state index contributed by atoms with van der Waals surface area (Å²) in [4.78, 5) is 36.2. The Hall–Kier alpha value is -3.01. The number of oxime groups is 1. The molecule has 0 saturated carbocycles. The maximum atomic E-state index is 13.6. The first kappa shape index (κ1) is 34.3. The van der Waals surface area contributed by atoms with Crippen LogP contribution >= 0.6 is 46.4 Å². The average Bonchev–Trinajstić information content (AvgIpc) is 3.30. The van der Waals surface area contributed by atoms with Crippen LogP contribution < -0.4 is 5.69 Å². The molecule has 5 rings (SSSR count). The Balaban J connectivity index is 1.34. The first-order valence-electron chi connectivity index (χ1n) is 15.3. The Morgan fingerprint density at radius 1 is 0.978 bits per heavy atom. The largest absolute Gasteiger partial charge is 0.399 e. The molecular weight excluding hydrogens is 668 g/mol. The van der Waals surface area contributed by atoms with Crippen molar-refractivity contribution in [2.75, 3.05) is 39.8 Å². The summed E-state index contributed by atoms with van der Waals surface area (Å²) in [6.45, 7) is 5.04. The number of aryl methyl sites for hydroxylation is 1. The Kier molecular flexibility index (Phi) is 11.4. The first-order valence-corrected chi connectivity index (χ1v) is 16.8. The van der Waals surface area contributed by atoms with Gasteiger partial charge in [0.15, 0.2) is 0 Å². The fraction of sp³-hybridized carbons (Fsp3) is 0.382. The number of carbonyl (C=O) groups excluding carboxylic acids is 1. The van der Waals surface area contributed by atoms with Crippen LogP contribution in [0.5, 0.6) is 0 Å². The van der Waals surface area contributed by atoms with Gasteiger partial charge in [0, 0.05) is 54.3 Å². The molecule has 0 bridgehead atoms. The lowest BCUT2D eigenvalue weighted by molar-refractivity contribution is 0.0784. The number of para-hydroxylation sites is 2. The fourth-order valence-corrected chi connectivity index (χ4v) is 7.17. The highest BCUT2D eigenvalue weighted by atomic mass is 35.5. The number of likely N-dealkylation sites (tertiary alicyclic amines) is 1. The molecule has 1 aliphatic heterocycles. The van der Waals surface area contributed by atoms with Crippen molar-refractivity contribution in [3.05, 3.63) is 102 Å². The van der Waals surface area contributed by atoms with Gasteiger partial charge in [0.2, 0.25) is 0 Å². The van der Waals surface area contributed by atoms with E-state index in [9.17, 15) is 9.59 Å². The van der Waals surface area contributed by atoms with Crippen molar-refractivity contribution >= 4 is 69.1 Å². The van der Waals surface area contributed by atoms with Crippen LogP contribution in [0.2, 0.25) is 20.1 Å². The van der Waals surface area contributed by atoms with Crippen molar-refractivity contribution < 1.29 is 9.63 Å². The molecule has 2 heterocycles. The van der Waals surface area contributed by atoms with Crippen molar-refractivity contribution in [3.63, 3.8) is 0 Å². The van der Waals surface area contributed by atoms with Gasteiger partial charge in [-0.3, -0.25) is 13.9 Å². The number of amides is 1. The van der Waals surface area contributed by atoms with Gasteiger partial charge >= 0.3 is 5.69 Å². The maximum absolute atomic E-state index is 13.6. The van der Waals surface area contributed by atoms with Gasteiger partial charge in [-0.1, -0.05) is 69.8 Å². The minimum Gasteiger partial charge on any atom is -0.399 e. The molecule has 1 aromatic heterocycles. The van der Waals surface area contributed by atoms with E-state index >= 15 is 0 Å². The molecule has 0 N–H and O–H groups in total. The van der Waals surface area contributed by atoms with Crippen LogP contribution in [0.4, 0.5) is 0 Å². The van der Waals surface area contributed by atoms with Crippen molar-refractivity contribution in [2.45, 2.75) is 38.1 Å². The second-order valence-electron chi connectivity index (χ2n) is 11.5. The predicted octanol–water partition coefficient (Wildman–Crippen LogP) is 7.93. The van der Waals surface area contributed by atoms with Crippen molar-refractivity contribution in [1.29, 1.82) is 0 Å². The Labute approximate surface area is 289 Å². The maximum Gasteiger partial charge on any atom is 0.329 e. The molecule has 0 radical (unpaired) electrons. The minimum absolute atomic E-state index is 0.0230. The number of aromatic nitrogens is 2. The summed E-state index contributed by atoms with van der Waals surface area (Å²) in [5, 5.41) is 6.13. The Bertz CT molecular complexity index is 1780. The molecule has 1 aliphatic rings. The summed E-state index contributed by atoms with van der Waals surface area (Å²) >= 11 is 25.2. The van der Waals surface area contributed by atoms with E-state index in [1.54, 1.807) is 33.7 Å². The second kappa shape index (κ2) is 15.3. The van der Waals surface area contributed by atoms with Crippen LogP contribution in [0.15, 0.2) is 70.6 Å². The van der Waals surface area contributed by atoms with Crippen molar-refractivity contribution in [2.24, 2.45) is 12.2 Å². The smallest absolute Gasteiger partial charge is 0.329 e. The molecular formula is C34H37Cl4N5O3. The van der Waals surface area contributed by atoms with Gasteiger partial charge in [-0.25, -0.2) is 4.79 Å². The van der Waals surface area contributed by atoms with Crippen LogP contribution in [0.1, 0.15) is 54.1 Å². The summed E-state index contributed by atoms with van der Waals surface area (Å²) in [6.07, 6.45) is 2.43. The minimum atomic E-state index is -0.214. The van der Waals surface area contributed by atoms with E-state index in [2.05, 4.69) is 10.1 Å². The van der Waals surface area contributed by atoms with Crippen LogP contribution in [-0.2, 0) is 11.9 Å². The number of imidazole rings is 1. The third kappa shape index (κ3) is 7.58. The molecule has 244 valence electrons.